The maximum absolute atomic E-state index is 10.3. The number of aliphatic hydroxyl groups excluding tert-OH is 1. The zero-order valence-electron chi connectivity index (χ0n) is 10.2. The molecule has 0 aliphatic heterocycles. The van der Waals surface area contributed by atoms with E-state index in [1.54, 1.807) is 13.3 Å². The molecular formula is C13H18N2O2. The normalized spacial score (nSPS) is 15.1. The third-order valence-electron chi connectivity index (χ3n) is 3.17. The Hall–Kier alpha value is -1.39. The lowest BCUT2D eigenvalue weighted by Gasteiger charge is -2.23. The van der Waals surface area contributed by atoms with Crippen LogP contribution in [0.2, 0.25) is 0 Å². The van der Waals surface area contributed by atoms with Gasteiger partial charge in [0, 0.05) is 13.7 Å². The first kappa shape index (κ1) is 12.1. The summed E-state index contributed by atoms with van der Waals surface area (Å²) in [5, 5.41) is 19.2. The fourth-order valence-electron chi connectivity index (χ4n) is 2.04. The molecule has 0 fully saturated rings. The van der Waals surface area contributed by atoms with Gasteiger partial charge in [-0.15, -0.1) is 0 Å². The molecule has 0 aliphatic carbocycles. The Morgan fingerprint density at radius 1 is 1.41 bits per heavy atom. The lowest BCUT2D eigenvalue weighted by Crippen LogP contribution is -2.21. The Balaban J connectivity index is 2.35. The Labute approximate surface area is 101 Å². The van der Waals surface area contributed by atoms with Crippen LogP contribution < -0.4 is 0 Å². The summed E-state index contributed by atoms with van der Waals surface area (Å²) in [4.78, 5) is 4.28. The second-order valence-corrected chi connectivity index (χ2v) is 4.66. The van der Waals surface area contributed by atoms with E-state index in [4.69, 9.17) is 5.11 Å². The Morgan fingerprint density at radius 3 is 2.88 bits per heavy atom. The number of aryl methyl sites for hydroxylation is 1. The molecule has 2 aromatic rings. The minimum absolute atomic E-state index is 0.0992. The third kappa shape index (κ3) is 2.33. The quantitative estimate of drug-likeness (QED) is 0.844. The van der Waals surface area contributed by atoms with Crippen LogP contribution in [0.25, 0.3) is 11.0 Å². The Morgan fingerprint density at radius 2 is 2.18 bits per heavy atom. The summed E-state index contributed by atoms with van der Waals surface area (Å²) in [6.45, 7) is 1.87. The zero-order valence-corrected chi connectivity index (χ0v) is 10.2. The number of imidazole rings is 1. The van der Waals surface area contributed by atoms with Gasteiger partial charge < -0.3 is 14.8 Å². The van der Waals surface area contributed by atoms with Crippen LogP contribution in [-0.4, -0.2) is 26.4 Å². The summed E-state index contributed by atoms with van der Waals surface area (Å²) in [6, 6.07) is 5.79. The van der Waals surface area contributed by atoms with Crippen molar-refractivity contribution in [2.75, 3.05) is 6.61 Å². The molecule has 1 atom stereocenters. The molecule has 1 aromatic heterocycles. The van der Waals surface area contributed by atoms with Crippen molar-refractivity contribution >= 4 is 11.0 Å². The molecule has 17 heavy (non-hydrogen) atoms. The predicted molar refractivity (Wildman–Crippen MR) is 66.6 cm³/mol. The van der Waals surface area contributed by atoms with E-state index in [9.17, 15) is 5.11 Å². The number of benzene rings is 1. The second-order valence-electron chi connectivity index (χ2n) is 4.66. The number of aromatic nitrogens is 2. The fraction of sp³-hybridized carbons (Fsp3) is 0.462. The van der Waals surface area contributed by atoms with Crippen LogP contribution in [0.15, 0.2) is 24.5 Å². The van der Waals surface area contributed by atoms with E-state index in [1.165, 1.54) is 0 Å². The van der Waals surface area contributed by atoms with Gasteiger partial charge in [-0.05, 0) is 37.5 Å². The molecule has 0 radical (unpaired) electrons. The number of hydrogen-bond acceptors (Lipinski definition) is 3. The molecule has 0 aliphatic rings. The van der Waals surface area contributed by atoms with Gasteiger partial charge in [0.25, 0.3) is 0 Å². The molecule has 2 rings (SSSR count). The topological polar surface area (TPSA) is 58.3 Å². The summed E-state index contributed by atoms with van der Waals surface area (Å²) in [5.74, 6) is 0. The maximum atomic E-state index is 10.3. The minimum atomic E-state index is -0.908. The first-order valence-corrected chi connectivity index (χ1v) is 5.79. The van der Waals surface area contributed by atoms with Gasteiger partial charge in [-0.1, -0.05) is 6.07 Å². The highest BCUT2D eigenvalue weighted by Crippen LogP contribution is 2.28. The fourth-order valence-corrected chi connectivity index (χ4v) is 2.04. The van der Waals surface area contributed by atoms with Gasteiger partial charge in [-0.3, -0.25) is 0 Å². The van der Waals surface area contributed by atoms with Crippen molar-refractivity contribution in [1.82, 2.24) is 9.55 Å². The molecule has 0 spiro atoms. The van der Waals surface area contributed by atoms with E-state index in [-0.39, 0.29) is 6.61 Å². The highest BCUT2D eigenvalue weighted by Gasteiger charge is 2.22. The third-order valence-corrected chi connectivity index (χ3v) is 3.17. The molecule has 0 saturated carbocycles. The number of aliphatic hydroxyl groups is 2. The maximum Gasteiger partial charge on any atom is 0.0955 e. The van der Waals surface area contributed by atoms with Crippen molar-refractivity contribution in [2.24, 2.45) is 7.05 Å². The predicted octanol–water partition coefficient (Wildman–Crippen LogP) is 1.55. The van der Waals surface area contributed by atoms with Crippen LogP contribution >= 0.6 is 0 Å². The SMILES string of the molecule is Cn1cnc2cc(C(C)(O)CCCO)ccc21. The summed E-state index contributed by atoms with van der Waals surface area (Å²) in [5.41, 5.74) is 1.87. The number of rotatable bonds is 4. The first-order valence-electron chi connectivity index (χ1n) is 5.79. The molecule has 1 aromatic carbocycles. The molecule has 92 valence electrons. The Kier molecular flexibility index (Phi) is 3.17. The largest absolute Gasteiger partial charge is 0.396 e. The molecule has 0 saturated heterocycles. The molecule has 1 heterocycles. The van der Waals surface area contributed by atoms with Crippen LogP contribution in [0.4, 0.5) is 0 Å². The van der Waals surface area contributed by atoms with Gasteiger partial charge in [0.05, 0.1) is 23.0 Å². The monoisotopic (exact) mass is 234 g/mol. The van der Waals surface area contributed by atoms with Gasteiger partial charge >= 0.3 is 0 Å². The van der Waals surface area contributed by atoms with Crippen LogP contribution in [0.1, 0.15) is 25.3 Å². The van der Waals surface area contributed by atoms with Gasteiger partial charge in [0.1, 0.15) is 0 Å². The summed E-state index contributed by atoms with van der Waals surface area (Å²) >= 11 is 0. The smallest absolute Gasteiger partial charge is 0.0955 e. The van der Waals surface area contributed by atoms with Crippen LogP contribution in [-0.2, 0) is 12.6 Å². The lowest BCUT2D eigenvalue weighted by atomic mass is 9.91. The average Bonchev–Trinajstić information content (AvgIpc) is 2.68. The minimum Gasteiger partial charge on any atom is -0.396 e. The Bertz CT molecular complexity index is 517. The van der Waals surface area contributed by atoms with Gasteiger partial charge in [-0.25, -0.2) is 4.98 Å². The number of fused-ring (bicyclic) bond motifs is 1. The van der Waals surface area contributed by atoms with E-state index in [0.717, 1.165) is 16.6 Å². The van der Waals surface area contributed by atoms with Gasteiger partial charge in [0.15, 0.2) is 0 Å². The molecular weight excluding hydrogens is 216 g/mol. The van der Waals surface area contributed by atoms with E-state index in [0.29, 0.717) is 12.8 Å². The molecule has 4 heteroatoms. The summed E-state index contributed by atoms with van der Waals surface area (Å²) < 4.78 is 1.95. The first-order chi connectivity index (χ1) is 8.04. The van der Waals surface area contributed by atoms with Gasteiger partial charge in [-0.2, -0.15) is 0 Å². The lowest BCUT2D eigenvalue weighted by molar-refractivity contribution is 0.0404. The average molecular weight is 234 g/mol. The summed E-state index contributed by atoms with van der Waals surface area (Å²) in [6.07, 6.45) is 2.89. The number of hydrogen-bond donors (Lipinski definition) is 2. The van der Waals surface area contributed by atoms with Crippen LogP contribution in [0.5, 0.6) is 0 Å². The van der Waals surface area contributed by atoms with Crippen molar-refractivity contribution in [1.29, 1.82) is 0 Å². The molecule has 2 N–H and O–H groups in total. The molecule has 0 bridgehead atoms. The van der Waals surface area contributed by atoms with Crippen molar-refractivity contribution in [3.63, 3.8) is 0 Å². The van der Waals surface area contributed by atoms with Gasteiger partial charge in [0.2, 0.25) is 0 Å². The highest BCUT2D eigenvalue weighted by molar-refractivity contribution is 5.76. The molecule has 4 nitrogen and oxygen atoms in total. The van der Waals surface area contributed by atoms with Crippen molar-refractivity contribution in [2.45, 2.75) is 25.4 Å². The zero-order chi connectivity index (χ0) is 12.5. The van der Waals surface area contributed by atoms with E-state index < -0.39 is 5.60 Å². The standard InChI is InChI=1S/C13H18N2O2/c1-13(17,6-3-7-16)10-4-5-12-11(8-10)14-9-15(12)2/h4-5,8-9,16-17H,3,6-7H2,1-2H3. The van der Waals surface area contributed by atoms with Crippen LogP contribution in [0, 0.1) is 0 Å². The second kappa shape index (κ2) is 4.47. The van der Waals surface area contributed by atoms with Crippen molar-refractivity contribution in [3.05, 3.63) is 30.1 Å². The van der Waals surface area contributed by atoms with E-state index in [1.807, 2.05) is 29.8 Å². The summed E-state index contributed by atoms with van der Waals surface area (Å²) in [7, 11) is 1.94. The van der Waals surface area contributed by atoms with Crippen LogP contribution in [0.3, 0.4) is 0 Å². The highest BCUT2D eigenvalue weighted by atomic mass is 16.3. The molecule has 0 amide bonds. The van der Waals surface area contributed by atoms with E-state index >= 15 is 0 Å². The van der Waals surface area contributed by atoms with Crippen molar-refractivity contribution in [3.8, 4) is 0 Å². The number of nitrogens with zero attached hydrogens (tertiary/aromatic N) is 2. The van der Waals surface area contributed by atoms with E-state index in [2.05, 4.69) is 4.98 Å². The van der Waals surface area contributed by atoms with Crippen molar-refractivity contribution < 1.29 is 10.2 Å². The molecule has 1 unspecified atom stereocenters.